The third-order valence-corrected chi connectivity index (χ3v) is 4.60. The van der Waals surface area contributed by atoms with Gasteiger partial charge >= 0.3 is 0 Å². The number of nitrogens with one attached hydrogen (secondary N) is 2. The number of hydrogen-bond donors (Lipinski definition) is 2. The highest BCUT2D eigenvalue weighted by atomic mass is 32.2. The lowest BCUT2D eigenvalue weighted by Gasteiger charge is -2.18. The van der Waals surface area contributed by atoms with Crippen molar-refractivity contribution in [2.45, 2.75) is 31.1 Å². The molecule has 2 aliphatic heterocycles. The molecule has 0 radical (unpaired) electrons. The molecule has 1 unspecified atom stereocenters. The third kappa shape index (κ3) is 2.11. The molecule has 2 N–H and O–H groups in total. The van der Waals surface area contributed by atoms with Gasteiger partial charge in [-0.1, -0.05) is 0 Å². The van der Waals surface area contributed by atoms with Crippen molar-refractivity contribution in [2.24, 2.45) is 0 Å². The summed E-state index contributed by atoms with van der Waals surface area (Å²) in [7, 11) is 0. The number of H-pyrrole nitrogens is 1. The van der Waals surface area contributed by atoms with Crippen LogP contribution in [0.4, 0.5) is 0 Å². The van der Waals surface area contributed by atoms with Crippen LogP contribution in [0.5, 0.6) is 0 Å². The Hall–Kier alpha value is -0.550. The first-order chi connectivity index (χ1) is 7.93. The smallest absolute Gasteiger partial charge is 0.155 e. The van der Waals surface area contributed by atoms with E-state index in [1.807, 2.05) is 0 Å². The van der Waals surface area contributed by atoms with Gasteiger partial charge in [-0.05, 0) is 37.3 Å². The van der Waals surface area contributed by atoms with Crippen LogP contribution in [0.2, 0.25) is 0 Å². The second-order valence-corrected chi connectivity index (χ2v) is 5.88. The van der Waals surface area contributed by atoms with Crippen LogP contribution < -0.4 is 5.32 Å². The fourth-order valence-corrected chi connectivity index (χ4v) is 3.61. The summed E-state index contributed by atoms with van der Waals surface area (Å²) in [6.45, 7) is 2.15. The minimum absolute atomic E-state index is 0.531. The maximum absolute atomic E-state index is 4.70. The Morgan fingerprint density at radius 1 is 1.12 bits per heavy atom. The van der Waals surface area contributed by atoms with Gasteiger partial charge in [-0.15, -0.1) is 0 Å². The van der Waals surface area contributed by atoms with Gasteiger partial charge in [0.15, 0.2) is 5.82 Å². The van der Waals surface area contributed by atoms with Gasteiger partial charge in [-0.3, -0.25) is 5.10 Å². The highest BCUT2D eigenvalue weighted by Gasteiger charge is 2.24. The Morgan fingerprint density at radius 3 is 2.75 bits per heavy atom. The van der Waals surface area contributed by atoms with Gasteiger partial charge in [0.2, 0.25) is 0 Å². The fraction of sp³-hybridized carbons (Fsp3) is 0.818. The Morgan fingerprint density at radius 2 is 2.00 bits per heavy atom. The maximum Gasteiger partial charge on any atom is 0.155 e. The fourth-order valence-electron chi connectivity index (χ4n) is 2.50. The summed E-state index contributed by atoms with van der Waals surface area (Å²) >= 11 is 2.05. The van der Waals surface area contributed by atoms with Crippen LogP contribution in [0, 0.1) is 0 Å². The van der Waals surface area contributed by atoms with Crippen molar-refractivity contribution >= 4 is 11.8 Å². The zero-order valence-corrected chi connectivity index (χ0v) is 10.2. The molecule has 0 amide bonds. The van der Waals surface area contributed by atoms with Crippen molar-refractivity contribution in [2.75, 3.05) is 24.6 Å². The van der Waals surface area contributed by atoms with Crippen molar-refractivity contribution in [3.63, 3.8) is 0 Å². The predicted molar refractivity (Wildman–Crippen MR) is 65.9 cm³/mol. The summed E-state index contributed by atoms with van der Waals surface area (Å²) in [6, 6.07) is 0. The van der Waals surface area contributed by atoms with E-state index in [0.717, 1.165) is 24.7 Å². The van der Waals surface area contributed by atoms with Crippen molar-refractivity contribution in [1.29, 1.82) is 0 Å². The van der Waals surface area contributed by atoms with Gasteiger partial charge in [0, 0.05) is 18.4 Å². The van der Waals surface area contributed by atoms with Crippen LogP contribution in [0.1, 0.15) is 42.7 Å². The van der Waals surface area contributed by atoms with E-state index in [2.05, 4.69) is 27.3 Å². The van der Waals surface area contributed by atoms with Gasteiger partial charge in [0.25, 0.3) is 0 Å². The SMILES string of the molecule is C1CC(c2n[nH]c(C3CCSCC3)n2)CN1. The Labute approximate surface area is 100.0 Å². The Kier molecular flexibility index (Phi) is 3.15. The molecule has 2 fully saturated rings. The van der Waals surface area contributed by atoms with Gasteiger partial charge in [-0.25, -0.2) is 4.98 Å². The number of rotatable bonds is 2. The topological polar surface area (TPSA) is 53.6 Å². The van der Waals surface area contributed by atoms with Crippen molar-refractivity contribution in [3.05, 3.63) is 11.6 Å². The molecule has 0 aliphatic carbocycles. The average molecular weight is 238 g/mol. The van der Waals surface area contributed by atoms with Crippen LogP contribution in [-0.2, 0) is 0 Å². The maximum atomic E-state index is 4.70. The molecule has 1 aromatic rings. The highest BCUT2D eigenvalue weighted by Crippen LogP contribution is 2.30. The summed E-state index contributed by atoms with van der Waals surface area (Å²) in [5, 5.41) is 10.9. The molecular formula is C11H18N4S. The molecule has 3 rings (SSSR count). The monoisotopic (exact) mass is 238 g/mol. The van der Waals surface area contributed by atoms with Crippen LogP contribution in [0.25, 0.3) is 0 Å². The van der Waals surface area contributed by atoms with Gasteiger partial charge in [-0.2, -0.15) is 16.9 Å². The second kappa shape index (κ2) is 4.75. The number of aromatic nitrogens is 3. The first-order valence-electron chi connectivity index (χ1n) is 6.14. The van der Waals surface area contributed by atoms with Crippen LogP contribution in [0.3, 0.4) is 0 Å². The largest absolute Gasteiger partial charge is 0.316 e. The summed E-state index contributed by atoms with van der Waals surface area (Å²) < 4.78 is 0. The normalized spacial score (nSPS) is 27.4. The molecule has 16 heavy (non-hydrogen) atoms. The molecule has 5 heteroatoms. The summed E-state index contributed by atoms with van der Waals surface area (Å²) in [5.41, 5.74) is 0. The highest BCUT2D eigenvalue weighted by molar-refractivity contribution is 7.99. The van der Waals surface area contributed by atoms with E-state index < -0.39 is 0 Å². The molecule has 1 aromatic heterocycles. The third-order valence-electron chi connectivity index (χ3n) is 3.55. The summed E-state index contributed by atoms with van der Waals surface area (Å²) in [6.07, 6.45) is 3.68. The quantitative estimate of drug-likeness (QED) is 0.819. The number of aromatic amines is 1. The predicted octanol–water partition coefficient (Wildman–Crippen LogP) is 1.49. The van der Waals surface area contributed by atoms with Gasteiger partial charge in [0.1, 0.15) is 5.82 Å². The van der Waals surface area contributed by atoms with E-state index in [9.17, 15) is 0 Å². The minimum Gasteiger partial charge on any atom is -0.316 e. The van der Waals surface area contributed by atoms with Crippen LogP contribution in [0.15, 0.2) is 0 Å². The summed E-state index contributed by atoms with van der Waals surface area (Å²) in [5.74, 6) is 5.84. The van der Waals surface area contributed by atoms with Gasteiger partial charge in [0.05, 0.1) is 0 Å². The number of nitrogens with zero attached hydrogens (tertiary/aromatic N) is 2. The first kappa shape index (κ1) is 10.6. The van der Waals surface area contributed by atoms with E-state index in [1.54, 1.807) is 0 Å². The molecule has 2 aliphatic rings. The molecule has 0 spiro atoms. The molecule has 0 saturated carbocycles. The van der Waals surface area contributed by atoms with Crippen molar-refractivity contribution in [1.82, 2.24) is 20.5 Å². The van der Waals surface area contributed by atoms with Crippen molar-refractivity contribution in [3.8, 4) is 0 Å². The van der Waals surface area contributed by atoms with E-state index in [-0.39, 0.29) is 0 Å². The molecule has 0 bridgehead atoms. The average Bonchev–Trinajstić information content (AvgIpc) is 3.01. The minimum atomic E-state index is 0.531. The van der Waals surface area contributed by atoms with Gasteiger partial charge < -0.3 is 5.32 Å². The van der Waals surface area contributed by atoms with E-state index in [1.165, 1.54) is 30.8 Å². The molecule has 4 nitrogen and oxygen atoms in total. The Bertz CT molecular complexity index is 340. The molecule has 2 saturated heterocycles. The molecular weight excluding hydrogens is 220 g/mol. The molecule has 1 atom stereocenters. The zero-order valence-electron chi connectivity index (χ0n) is 9.41. The number of hydrogen-bond acceptors (Lipinski definition) is 4. The molecule has 88 valence electrons. The lowest BCUT2D eigenvalue weighted by Crippen LogP contribution is -2.10. The standard InChI is InChI=1S/C11H18N4S/c1-4-12-7-9(1)11-13-10(14-15-11)8-2-5-16-6-3-8/h8-9,12H,1-7H2,(H,13,14,15). The lowest BCUT2D eigenvalue weighted by molar-refractivity contribution is 0.599. The van der Waals surface area contributed by atoms with Crippen LogP contribution in [-0.4, -0.2) is 39.8 Å². The van der Waals surface area contributed by atoms with Crippen molar-refractivity contribution < 1.29 is 0 Å². The first-order valence-corrected chi connectivity index (χ1v) is 7.29. The molecule has 0 aromatic carbocycles. The van der Waals surface area contributed by atoms with E-state index in [0.29, 0.717) is 11.8 Å². The van der Waals surface area contributed by atoms with E-state index in [4.69, 9.17) is 4.98 Å². The zero-order chi connectivity index (χ0) is 10.8. The lowest BCUT2D eigenvalue weighted by atomic mass is 10.0. The summed E-state index contributed by atoms with van der Waals surface area (Å²) in [4.78, 5) is 4.70. The molecule has 3 heterocycles. The van der Waals surface area contributed by atoms with E-state index >= 15 is 0 Å². The number of thioether (sulfide) groups is 1. The van der Waals surface area contributed by atoms with Crippen LogP contribution >= 0.6 is 11.8 Å². The Balaban J connectivity index is 1.71. The second-order valence-electron chi connectivity index (χ2n) is 4.66.